The molecule has 0 heterocycles. The molecule has 0 radical (unpaired) electrons. The molecule has 0 fully saturated rings. The van der Waals surface area contributed by atoms with Crippen molar-refractivity contribution in [3.8, 4) is 0 Å². The molecule has 1 aromatic carbocycles. The highest BCUT2D eigenvalue weighted by Gasteiger charge is 2.30. The summed E-state index contributed by atoms with van der Waals surface area (Å²) in [4.78, 5) is -3.31. The lowest BCUT2D eigenvalue weighted by molar-refractivity contribution is 0.438. The van der Waals surface area contributed by atoms with E-state index in [1.165, 1.54) is 0 Å². The Bertz CT molecular complexity index is 587. The molecule has 17 heavy (non-hydrogen) atoms. The Kier molecular flexibility index (Phi) is 3.47. The fraction of sp³-hybridized carbons (Fsp3) is 0. The van der Waals surface area contributed by atoms with Crippen LogP contribution in [0.4, 0.5) is 18.9 Å². The van der Waals surface area contributed by atoms with Crippen molar-refractivity contribution in [3.63, 3.8) is 0 Å². The number of hydrogen-bond acceptors (Lipinski definition) is 5. The van der Waals surface area contributed by atoms with E-state index in [9.17, 15) is 30.4 Å². The second-order valence-corrected chi connectivity index (χ2v) is 5.17. The third kappa shape index (κ3) is 2.26. The van der Waals surface area contributed by atoms with Crippen LogP contribution in [0.25, 0.3) is 0 Å². The highest BCUT2D eigenvalue weighted by molar-refractivity contribution is 7.89. The Labute approximate surface area is 95.7 Å². The molecule has 1 atom stereocenters. The molecule has 0 saturated carbocycles. The summed E-state index contributed by atoms with van der Waals surface area (Å²) in [5.41, 5.74) is 3.50. The highest BCUT2D eigenvalue weighted by atomic mass is 32.2. The Balaban J connectivity index is 3.91. The van der Waals surface area contributed by atoms with Gasteiger partial charge < -0.3 is 10.3 Å². The molecule has 96 valence electrons. The second-order valence-electron chi connectivity index (χ2n) is 2.79. The van der Waals surface area contributed by atoms with Gasteiger partial charge in [0.05, 0.1) is 10.6 Å². The van der Waals surface area contributed by atoms with E-state index in [2.05, 4.69) is 5.14 Å². The predicted octanol–water partition coefficient (Wildman–Crippen LogP) is -0.428. The van der Waals surface area contributed by atoms with Crippen LogP contribution in [0.5, 0.6) is 0 Å². The number of nitrogens with two attached hydrogens (primary N) is 2. The van der Waals surface area contributed by atoms with Gasteiger partial charge in [-0.2, -0.15) is 0 Å². The molecule has 0 amide bonds. The van der Waals surface area contributed by atoms with Crippen LogP contribution in [-0.2, 0) is 21.1 Å². The summed E-state index contributed by atoms with van der Waals surface area (Å²) in [5, 5.41) is 4.44. The maximum Gasteiger partial charge on any atom is 0.244 e. The molecule has 4 N–H and O–H groups in total. The summed E-state index contributed by atoms with van der Waals surface area (Å²) in [6.07, 6.45) is 0. The quantitative estimate of drug-likeness (QED) is 0.434. The fourth-order valence-electron chi connectivity index (χ4n) is 1.05. The minimum absolute atomic E-state index is 1.36. The Morgan fingerprint density at radius 1 is 1.12 bits per heavy atom. The lowest BCUT2D eigenvalue weighted by Gasteiger charge is -2.13. The first kappa shape index (κ1) is 13.9. The standard InChI is InChI=1S/C6H5F3N2O4S2/c7-1-2(8)6(17(11,14)15)3(9)4(10)5(1)16(12)13/h10H2,(H,12,13)(H2,11,14,15)/p-1. The lowest BCUT2D eigenvalue weighted by Crippen LogP contribution is -2.20. The van der Waals surface area contributed by atoms with E-state index in [0.717, 1.165) is 0 Å². The number of sulfonamides is 1. The summed E-state index contributed by atoms with van der Waals surface area (Å²) in [6.45, 7) is 0. The van der Waals surface area contributed by atoms with Crippen molar-refractivity contribution in [1.82, 2.24) is 0 Å². The van der Waals surface area contributed by atoms with E-state index >= 15 is 0 Å². The molecule has 6 nitrogen and oxygen atoms in total. The van der Waals surface area contributed by atoms with Gasteiger partial charge in [-0.3, -0.25) is 4.21 Å². The van der Waals surface area contributed by atoms with Gasteiger partial charge in [-0.1, -0.05) is 0 Å². The molecule has 1 aromatic rings. The monoisotopic (exact) mass is 289 g/mol. The maximum absolute atomic E-state index is 13.3. The van der Waals surface area contributed by atoms with Crippen LogP contribution in [0, 0.1) is 17.5 Å². The summed E-state index contributed by atoms with van der Waals surface area (Å²) >= 11 is -3.37. The Morgan fingerprint density at radius 2 is 1.59 bits per heavy atom. The van der Waals surface area contributed by atoms with Gasteiger partial charge in [-0.25, -0.2) is 26.7 Å². The van der Waals surface area contributed by atoms with Crippen LogP contribution in [0.15, 0.2) is 9.79 Å². The molecule has 1 rings (SSSR count). The number of anilines is 1. The number of hydrogen-bond donors (Lipinski definition) is 2. The van der Waals surface area contributed by atoms with Gasteiger partial charge in [0.2, 0.25) is 10.0 Å². The Hall–Kier alpha value is -1.17. The molecular weight excluding hydrogens is 285 g/mol. The first-order valence-electron chi connectivity index (χ1n) is 3.67. The predicted molar refractivity (Wildman–Crippen MR) is 49.3 cm³/mol. The summed E-state index contributed by atoms with van der Waals surface area (Å²) in [5.74, 6) is -6.30. The van der Waals surface area contributed by atoms with E-state index in [-0.39, 0.29) is 0 Å². The molecule has 0 spiro atoms. The van der Waals surface area contributed by atoms with Crippen LogP contribution in [0.2, 0.25) is 0 Å². The van der Waals surface area contributed by atoms with Gasteiger partial charge in [0, 0.05) is 0 Å². The van der Waals surface area contributed by atoms with Crippen molar-refractivity contribution >= 4 is 26.8 Å². The van der Waals surface area contributed by atoms with E-state index in [0.29, 0.717) is 0 Å². The SMILES string of the molecule is Nc1c(F)c(S(N)(=O)=O)c(F)c(F)c1S(=O)[O-]. The van der Waals surface area contributed by atoms with Gasteiger partial charge >= 0.3 is 0 Å². The van der Waals surface area contributed by atoms with E-state index < -0.39 is 54.0 Å². The zero-order valence-electron chi connectivity index (χ0n) is 7.74. The maximum atomic E-state index is 13.3. The fourth-order valence-corrected chi connectivity index (χ4v) is 2.25. The van der Waals surface area contributed by atoms with Crippen molar-refractivity contribution in [3.05, 3.63) is 17.5 Å². The first-order valence-corrected chi connectivity index (χ1v) is 6.29. The number of primary sulfonamides is 1. The second kappa shape index (κ2) is 4.25. The minimum Gasteiger partial charge on any atom is -0.768 e. The largest absolute Gasteiger partial charge is 0.768 e. The number of benzene rings is 1. The average molecular weight is 289 g/mol. The number of halogens is 3. The van der Waals surface area contributed by atoms with Crippen molar-refractivity contribution < 1.29 is 30.4 Å². The summed E-state index contributed by atoms with van der Waals surface area (Å²) in [6, 6.07) is 0. The molecule has 0 saturated heterocycles. The number of rotatable bonds is 2. The van der Waals surface area contributed by atoms with Crippen LogP contribution in [-0.4, -0.2) is 17.2 Å². The first-order chi connectivity index (χ1) is 7.59. The number of nitrogen functional groups attached to an aromatic ring is 1. The third-order valence-electron chi connectivity index (χ3n) is 1.72. The molecule has 0 aromatic heterocycles. The van der Waals surface area contributed by atoms with Crippen molar-refractivity contribution in [2.45, 2.75) is 9.79 Å². The van der Waals surface area contributed by atoms with Crippen LogP contribution >= 0.6 is 0 Å². The smallest absolute Gasteiger partial charge is 0.244 e. The average Bonchev–Trinajstić information content (AvgIpc) is 2.12. The Morgan fingerprint density at radius 3 is 1.94 bits per heavy atom. The normalized spacial score (nSPS) is 13.7. The van der Waals surface area contributed by atoms with Crippen molar-refractivity contribution in [1.29, 1.82) is 0 Å². The van der Waals surface area contributed by atoms with Crippen LogP contribution in [0.3, 0.4) is 0 Å². The van der Waals surface area contributed by atoms with Gasteiger partial charge in [0.1, 0.15) is 0 Å². The third-order valence-corrected chi connectivity index (χ3v) is 3.38. The summed E-state index contributed by atoms with van der Waals surface area (Å²) in [7, 11) is -4.92. The van der Waals surface area contributed by atoms with Crippen molar-refractivity contribution in [2.75, 3.05) is 5.73 Å². The van der Waals surface area contributed by atoms with Crippen molar-refractivity contribution in [2.24, 2.45) is 5.14 Å². The van der Waals surface area contributed by atoms with E-state index in [1.54, 1.807) is 0 Å². The molecule has 0 aliphatic heterocycles. The van der Waals surface area contributed by atoms with Crippen LogP contribution in [0.1, 0.15) is 0 Å². The molecule has 11 heteroatoms. The minimum atomic E-state index is -4.92. The molecule has 0 aliphatic carbocycles. The summed E-state index contributed by atoms with van der Waals surface area (Å²) < 4.78 is 82.1. The molecule has 0 aliphatic rings. The molecular formula is C6H4F3N2O4S2-. The van der Waals surface area contributed by atoms with E-state index in [1.807, 2.05) is 0 Å². The molecule has 0 bridgehead atoms. The molecule has 1 unspecified atom stereocenters. The van der Waals surface area contributed by atoms with Gasteiger partial charge in [0.15, 0.2) is 22.3 Å². The highest BCUT2D eigenvalue weighted by Crippen LogP contribution is 2.31. The zero-order chi connectivity index (χ0) is 13.5. The van der Waals surface area contributed by atoms with Crippen LogP contribution < -0.4 is 10.9 Å². The lowest BCUT2D eigenvalue weighted by atomic mass is 10.3. The van der Waals surface area contributed by atoms with E-state index in [4.69, 9.17) is 5.73 Å². The zero-order valence-corrected chi connectivity index (χ0v) is 9.37. The van der Waals surface area contributed by atoms with Gasteiger partial charge in [-0.05, 0) is 11.1 Å². The van der Waals surface area contributed by atoms with Gasteiger partial charge in [-0.15, -0.1) is 0 Å². The van der Waals surface area contributed by atoms with Gasteiger partial charge in [0.25, 0.3) is 0 Å². The topological polar surface area (TPSA) is 126 Å².